The third-order valence-electron chi connectivity index (χ3n) is 4.58. The number of hydroxylamine groups is 1. The largest absolute Gasteiger partial charge is 0.372 e. The second-order valence-corrected chi connectivity index (χ2v) is 7.02. The molecule has 0 aliphatic rings. The lowest BCUT2D eigenvalue weighted by Gasteiger charge is -2.26. The molecule has 1 rings (SSSR count). The zero-order valence-corrected chi connectivity index (χ0v) is 16.5. The van der Waals surface area contributed by atoms with Crippen molar-refractivity contribution in [3.8, 4) is 0 Å². The van der Waals surface area contributed by atoms with Gasteiger partial charge in [0.2, 0.25) is 0 Å². The van der Waals surface area contributed by atoms with Gasteiger partial charge in [-0.15, -0.1) is 0 Å². The van der Waals surface area contributed by atoms with E-state index in [1.54, 1.807) is 12.0 Å². The van der Waals surface area contributed by atoms with Crippen molar-refractivity contribution in [2.75, 3.05) is 11.7 Å². The highest BCUT2D eigenvalue weighted by Crippen LogP contribution is 2.17. The Kier molecular flexibility index (Phi) is 13.4. The van der Waals surface area contributed by atoms with E-state index in [1.807, 2.05) is 30.3 Å². The maximum absolute atomic E-state index is 9.86. The summed E-state index contributed by atoms with van der Waals surface area (Å²) in [6.07, 6.45) is 15.4. The van der Waals surface area contributed by atoms with E-state index >= 15 is 0 Å². The number of anilines is 1. The van der Waals surface area contributed by atoms with Crippen molar-refractivity contribution in [3.63, 3.8) is 0 Å². The molecule has 144 valence electrons. The molecule has 0 amide bonds. The lowest BCUT2D eigenvalue weighted by atomic mass is 10.1. The highest BCUT2D eigenvalue weighted by atomic mass is 16.7. The summed E-state index contributed by atoms with van der Waals surface area (Å²) < 4.78 is 0. The minimum Gasteiger partial charge on any atom is -0.372 e. The van der Waals surface area contributed by atoms with Crippen LogP contribution in [-0.4, -0.2) is 17.9 Å². The average Bonchev–Trinajstić information content (AvgIpc) is 2.62. The van der Waals surface area contributed by atoms with Gasteiger partial charge < -0.3 is 5.11 Å². The first-order chi connectivity index (χ1) is 12.3. The van der Waals surface area contributed by atoms with Gasteiger partial charge in [-0.1, -0.05) is 95.8 Å². The lowest BCUT2D eigenvalue weighted by molar-refractivity contribution is 0.0147. The number of hydrogen-bond acceptors (Lipinski definition) is 3. The molecule has 0 aliphatic heterocycles. The average molecular weight is 350 g/mol. The quantitative estimate of drug-likeness (QED) is 0.211. The molecule has 0 radical (unpaired) electrons. The maximum Gasteiger partial charge on any atom is 0.148 e. The van der Waals surface area contributed by atoms with Crippen LogP contribution in [0.15, 0.2) is 30.3 Å². The fourth-order valence-electron chi connectivity index (χ4n) is 3.08. The molecular weight excluding hydrogens is 310 g/mol. The Balaban J connectivity index is 1.95. The van der Waals surface area contributed by atoms with Gasteiger partial charge in [0, 0.05) is 0 Å². The Morgan fingerprint density at radius 3 is 1.76 bits per heavy atom. The number of para-hydroxylation sites is 1. The van der Waals surface area contributed by atoms with E-state index in [4.69, 9.17) is 4.84 Å². The molecule has 1 N–H and O–H groups in total. The second-order valence-electron chi connectivity index (χ2n) is 7.02. The van der Waals surface area contributed by atoms with Crippen LogP contribution in [0.3, 0.4) is 0 Å². The number of unbranched alkanes of at least 4 members (excludes halogenated alkanes) is 11. The summed E-state index contributed by atoms with van der Waals surface area (Å²) >= 11 is 0. The Morgan fingerprint density at radius 2 is 1.28 bits per heavy atom. The molecule has 0 heterocycles. The van der Waals surface area contributed by atoms with Crippen molar-refractivity contribution in [2.24, 2.45) is 0 Å². The Hall–Kier alpha value is -1.06. The van der Waals surface area contributed by atoms with E-state index in [9.17, 15) is 5.11 Å². The highest BCUT2D eigenvalue weighted by molar-refractivity contribution is 5.43. The van der Waals surface area contributed by atoms with Crippen molar-refractivity contribution in [1.82, 2.24) is 0 Å². The minimum atomic E-state index is -0.639. The van der Waals surface area contributed by atoms with E-state index in [0.717, 1.165) is 12.1 Å². The third-order valence-corrected chi connectivity index (χ3v) is 4.58. The molecule has 3 heteroatoms. The second kappa shape index (κ2) is 15.2. The van der Waals surface area contributed by atoms with Crippen LogP contribution < -0.4 is 5.06 Å². The first kappa shape index (κ1) is 22.0. The summed E-state index contributed by atoms with van der Waals surface area (Å²) in [6.45, 7) is 4.67. The van der Waals surface area contributed by atoms with Gasteiger partial charge in [0.05, 0.1) is 12.3 Å². The van der Waals surface area contributed by atoms with Gasteiger partial charge in [0.1, 0.15) is 6.23 Å². The summed E-state index contributed by atoms with van der Waals surface area (Å²) in [6, 6.07) is 9.79. The van der Waals surface area contributed by atoms with Crippen molar-refractivity contribution in [3.05, 3.63) is 30.3 Å². The zero-order chi connectivity index (χ0) is 18.2. The molecule has 0 saturated carbocycles. The molecule has 0 saturated heterocycles. The number of hydrogen-bond donors (Lipinski definition) is 1. The van der Waals surface area contributed by atoms with Crippen LogP contribution in [0.25, 0.3) is 0 Å². The zero-order valence-electron chi connectivity index (χ0n) is 16.5. The lowest BCUT2D eigenvalue weighted by Crippen LogP contribution is -2.33. The van der Waals surface area contributed by atoms with Crippen molar-refractivity contribution in [2.45, 2.75) is 97.1 Å². The normalized spacial score (nSPS) is 12.3. The van der Waals surface area contributed by atoms with Crippen LogP contribution >= 0.6 is 0 Å². The molecule has 0 spiro atoms. The Bertz CT molecular complexity index is 394. The van der Waals surface area contributed by atoms with Gasteiger partial charge in [-0.2, -0.15) is 0 Å². The predicted octanol–water partition coefficient (Wildman–Crippen LogP) is 6.46. The molecule has 1 aromatic rings. The molecule has 3 nitrogen and oxygen atoms in total. The van der Waals surface area contributed by atoms with Crippen LogP contribution in [0, 0.1) is 0 Å². The summed E-state index contributed by atoms with van der Waals surface area (Å²) in [5.41, 5.74) is 0.899. The number of rotatable bonds is 16. The molecular formula is C22H39NO2. The Morgan fingerprint density at radius 1 is 0.800 bits per heavy atom. The molecule has 0 fully saturated rings. The van der Waals surface area contributed by atoms with Crippen molar-refractivity contribution in [1.29, 1.82) is 0 Å². The molecule has 1 aromatic carbocycles. The van der Waals surface area contributed by atoms with Crippen LogP contribution in [-0.2, 0) is 4.84 Å². The third kappa shape index (κ3) is 11.2. The van der Waals surface area contributed by atoms with Crippen LogP contribution in [0.2, 0.25) is 0 Å². The van der Waals surface area contributed by atoms with Crippen molar-refractivity contribution >= 4 is 5.69 Å². The molecule has 0 aromatic heterocycles. The summed E-state index contributed by atoms with van der Waals surface area (Å²) in [4.78, 5) is 5.76. The fraction of sp³-hybridized carbons (Fsp3) is 0.727. The van der Waals surface area contributed by atoms with Crippen molar-refractivity contribution < 1.29 is 9.94 Å². The SMILES string of the molecule is CCCCCCCCCCCCCCON(c1ccccc1)C(C)O. The summed E-state index contributed by atoms with van der Waals surface area (Å²) in [5.74, 6) is 0. The van der Waals surface area contributed by atoms with Gasteiger partial charge in [-0.05, 0) is 25.5 Å². The minimum absolute atomic E-state index is 0.639. The molecule has 1 unspecified atom stereocenters. The summed E-state index contributed by atoms with van der Waals surface area (Å²) in [7, 11) is 0. The molecule has 0 aliphatic carbocycles. The van der Waals surface area contributed by atoms with E-state index in [2.05, 4.69) is 6.92 Å². The number of benzene rings is 1. The predicted molar refractivity (Wildman–Crippen MR) is 108 cm³/mol. The van der Waals surface area contributed by atoms with Crippen LogP contribution in [0.4, 0.5) is 5.69 Å². The van der Waals surface area contributed by atoms with Gasteiger partial charge in [-0.3, -0.25) is 4.84 Å². The van der Waals surface area contributed by atoms with Crippen LogP contribution in [0.5, 0.6) is 0 Å². The number of nitrogens with zero attached hydrogens (tertiary/aromatic N) is 1. The van der Waals surface area contributed by atoms with E-state index < -0.39 is 6.23 Å². The number of aliphatic hydroxyl groups is 1. The monoisotopic (exact) mass is 349 g/mol. The van der Waals surface area contributed by atoms with E-state index in [0.29, 0.717) is 6.61 Å². The first-order valence-electron chi connectivity index (χ1n) is 10.4. The molecule has 0 bridgehead atoms. The molecule has 1 atom stereocenters. The van der Waals surface area contributed by atoms with Gasteiger partial charge in [0.25, 0.3) is 0 Å². The van der Waals surface area contributed by atoms with Gasteiger partial charge >= 0.3 is 0 Å². The topological polar surface area (TPSA) is 32.7 Å². The maximum atomic E-state index is 9.86. The highest BCUT2D eigenvalue weighted by Gasteiger charge is 2.11. The first-order valence-corrected chi connectivity index (χ1v) is 10.4. The smallest absolute Gasteiger partial charge is 0.148 e. The summed E-state index contributed by atoms with van der Waals surface area (Å²) in [5, 5.41) is 11.5. The molecule has 25 heavy (non-hydrogen) atoms. The van der Waals surface area contributed by atoms with Crippen LogP contribution in [0.1, 0.15) is 90.9 Å². The fourth-order valence-corrected chi connectivity index (χ4v) is 3.08. The number of aliphatic hydroxyl groups excluding tert-OH is 1. The van der Waals surface area contributed by atoms with E-state index in [-0.39, 0.29) is 0 Å². The van der Waals surface area contributed by atoms with Gasteiger partial charge in [-0.25, -0.2) is 5.06 Å². The van der Waals surface area contributed by atoms with Gasteiger partial charge in [0.15, 0.2) is 0 Å². The van der Waals surface area contributed by atoms with E-state index in [1.165, 1.54) is 70.6 Å². The Labute approximate surface area is 155 Å². The standard InChI is InChI=1S/C22H39NO2/c1-3-4-5-6-7-8-9-10-11-12-13-17-20-25-23(21(2)24)22-18-15-14-16-19-22/h14-16,18-19,21,24H,3-13,17,20H2,1-2H3.